The zero-order valence-electron chi connectivity index (χ0n) is 15.8. The quantitative estimate of drug-likeness (QED) is 0.466. The van der Waals surface area contributed by atoms with E-state index in [4.69, 9.17) is 4.74 Å². The molecule has 7 nitrogen and oxygen atoms in total. The van der Waals surface area contributed by atoms with Crippen molar-refractivity contribution in [2.75, 3.05) is 13.2 Å². The van der Waals surface area contributed by atoms with Gasteiger partial charge in [0.15, 0.2) is 24.0 Å². The zero-order valence-corrected chi connectivity index (χ0v) is 15.8. The van der Waals surface area contributed by atoms with E-state index >= 15 is 0 Å². The molecule has 3 aromatic rings. The molecule has 1 aromatic carbocycles. The maximum absolute atomic E-state index is 12.3. The van der Waals surface area contributed by atoms with E-state index in [1.165, 1.54) is 6.07 Å². The van der Waals surface area contributed by atoms with Gasteiger partial charge in [-0.3, -0.25) is 4.40 Å². The highest BCUT2D eigenvalue weighted by Crippen LogP contribution is 2.19. The predicted octanol–water partition coefficient (Wildman–Crippen LogP) is 2.93. The Hall–Kier alpha value is -3.30. The second kappa shape index (κ2) is 9.26. The number of nitrogens with zero attached hydrogens (tertiary/aromatic N) is 4. The van der Waals surface area contributed by atoms with Gasteiger partial charge >= 0.3 is 6.18 Å². The maximum atomic E-state index is 12.3. The van der Waals surface area contributed by atoms with Crippen molar-refractivity contribution in [3.63, 3.8) is 0 Å². The van der Waals surface area contributed by atoms with Gasteiger partial charge in [0.1, 0.15) is 5.75 Å². The molecule has 0 unspecified atom stereocenters. The van der Waals surface area contributed by atoms with Crippen molar-refractivity contribution in [1.29, 1.82) is 0 Å². The third-order valence-corrected chi connectivity index (χ3v) is 3.86. The smallest absolute Gasteiger partial charge is 0.422 e. The largest absolute Gasteiger partial charge is 0.484 e. The molecule has 2 N–H and O–H groups in total. The molecule has 0 aliphatic rings. The van der Waals surface area contributed by atoms with Crippen LogP contribution in [0.25, 0.3) is 5.65 Å². The lowest BCUT2D eigenvalue weighted by atomic mass is 10.2. The molecule has 0 aliphatic carbocycles. The van der Waals surface area contributed by atoms with Crippen LogP contribution in [0.5, 0.6) is 5.75 Å². The van der Waals surface area contributed by atoms with Gasteiger partial charge in [0.25, 0.3) is 0 Å². The molecule has 2 aromatic heterocycles. The molecule has 0 radical (unpaired) electrons. The van der Waals surface area contributed by atoms with Gasteiger partial charge < -0.3 is 15.4 Å². The van der Waals surface area contributed by atoms with E-state index in [2.05, 4.69) is 25.8 Å². The molecule has 0 spiro atoms. The fraction of sp³-hybridized carbons (Fsp3) is 0.316. The van der Waals surface area contributed by atoms with Gasteiger partial charge in [0, 0.05) is 12.7 Å². The van der Waals surface area contributed by atoms with Gasteiger partial charge in [-0.25, -0.2) is 4.99 Å². The highest BCUT2D eigenvalue weighted by atomic mass is 19.4. The molecule has 2 heterocycles. The highest BCUT2D eigenvalue weighted by molar-refractivity contribution is 5.79. The van der Waals surface area contributed by atoms with E-state index in [0.717, 1.165) is 17.0 Å². The average Bonchev–Trinajstić information content (AvgIpc) is 3.11. The van der Waals surface area contributed by atoms with Crippen molar-refractivity contribution < 1.29 is 17.9 Å². The number of aromatic nitrogens is 3. The normalized spacial score (nSPS) is 12.2. The maximum Gasteiger partial charge on any atom is 0.422 e. The topological polar surface area (TPSA) is 75.8 Å². The average molecular weight is 406 g/mol. The van der Waals surface area contributed by atoms with Crippen LogP contribution in [0.3, 0.4) is 0 Å². The minimum atomic E-state index is -4.37. The van der Waals surface area contributed by atoms with E-state index in [0.29, 0.717) is 19.0 Å². The fourth-order valence-corrected chi connectivity index (χ4v) is 2.59. The number of hydrogen-bond acceptors (Lipinski definition) is 4. The monoisotopic (exact) mass is 406 g/mol. The van der Waals surface area contributed by atoms with Crippen molar-refractivity contribution in [3.05, 3.63) is 60.0 Å². The summed E-state index contributed by atoms with van der Waals surface area (Å²) in [6.45, 7) is 1.96. The summed E-state index contributed by atoms with van der Waals surface area (Å²) in [4.78, 5) is 4.47. The third kappa shape index (κ3) is 6.09. The van der Waals surface area contributed by atoms with Crippen molar-refractivity contribution >= 4 is 11.6 Å². The van der Waals surface area contributed by atoms with Gasteiger partial charge in [-0.2, -0.15) is 13.2 Å². The highest BCUT2D eigenvalue weighted by Gasteiger charge is 2.28. The van der Waals surface area contributed by atoms with Crippen LogP contribution in [0.15, 0.2) is 53.7 Å². The summed E-state index contributed by atoms with van der Waals surface area (Å²) >= 11 is 0. The second-order valence-corrected chi connectivity index (χ2v) is 6.15. The number of benzene rings is 1. The van der Waals surface area contributed by atoms with Crippen LogP contribution in [0.2, 0.25) is 0 Å². The van der Waals surface area contributed by atoms with Crippen LogP contribution in [-0.4, -0.2) is 39.9 Å². The van der Waals surface area contributed by atoms with E-state index in [-0.39, 0.29) is 12.3 Å². The summed E-state index contributed by atoms with van der Waals surface area (Å²) in [7, 11) is 0. The lowest BCUT2D eigenvalue weighted by molar-refractivity contribution is -0.153. The second-order valence-electron chi connectivity index (χ2n) is 6.15. The summed E-state index contributed by atoms with van der Waals surface area (Å²) < 4.78 is 43.6. The Morgan fingerprint density at radius 3 is 2.79 bits per heavy atom. The first kappa shape index (κ1) is 20.4. The van der Waals surface area contributed by atoms with Crippen LogP contribution in [0.1, 0.15) is 18.3 Å². The summed E-state index contributed by atoms with van der Waals surface area (Å²) in [5, 5.41) is 14.6. The van der Waals surface area contributed by atoms with Gasteiger partial charge in [0.2, 0.25) is 0 Å². The molecule has 3 rings (SSSR count). The number of aliphatic imine (C=N–C) groups is 1. The number of pyridine rings is 1. The molecular formula is C19H21F3N6O. The van der Waals surface area contributed by atoms with E-state index in [1.54, 1.807) is 18.2 Å². The Morgan fingerprint density at radius 2 is 2.00 bits per heavy atom. The number of fused-ring (bicyclic) bond motifs is 1. The number of halogens is 3. The van der Waals surface area contributed by atoms with E-state index in [1.807, 2.05) is 35.7 Å². The van der Waals surface area contributed by atoms with Crippen LogP contribution in [0.4, 0.5) is 13.2 Å². The van der Waals surface area contributed by atoms with Crippen molar-refractivity contribution in [1.82, 2.24) is 25.2 Å². The molecule has 29 heavy (non-hydrogen) atoms. The van der Waals surface area contributed by atoms with Crippen molar-refractivity contribution in [3.8, 4) is 5.75 Å². The Labute approximate surface area is 165 Å². The van der Waals surface area contributed by atoms with Gasteiger partial charge in [-0.05, 0) is 36.8 Å². The number of guanidine groups is 1. The van der Waals surface area contributed by atoms with Gasteiger partial charge in [-0.1, -0.05) is 18.2 Å². The molecule has 154 valence electrons. The summed E-state index contributed by atoms with van der Waals surface area (Å²) in [5.41, 5.74) is 1.48. The summed E-state index contributed by atoms with van der Waals surface area (Å²) in [5.74, 6) is 1.44. The van der Waals surface area contributed by atoms with Gasteiger partial charge in [0.05, 0.1) is 13.1 Å². The number of rotatable bonds is 7. The molecule has 0 atom stereocenters. The molecule has 0 fully saturated rings. The first-order chi connectivity index (χ1) is 13.9. The Balaban J connectivity index is 1.63. The van der Waals surface area contributed by atoms with E-state index in [9.17, 15) is 13.2 Å². The Bertz CT molecular complexity index is 970. The zero-order chi connectivity index (χ0) is 20.7. The molecule has 0 saturated carbocycles. The molecule has 0 bridgehead atoms. The standard InChI is InChI=1S/C19H21F3N6O/c1-2-23-18(25-12-17-27-26-16-8-3-4-9-28(16)17)24-11-14-6-5-7-15(10-14)29-13-19(20,21)22/h3-10H,2,11-13H2,1H3,(H2,23,24,25). The third-order valence-electron chi connectivity index (χ3n) is 3.86. The minimum absolute atomic E-state index is 0.155. The van der Waals surface area contributed by atoms with Crippen LogP contribution >= 0.6 is 0 Å². The number of hydrogen-bond donors (Lipinski definition) is 2. The molecular weight excluding hydrogens is 385 g/mol. The minimum Gasteiger partial charge on any atom is -0.484 e. The van der Waals surface area contributed by atoms with Crippen molar-refractivity contribution in [2.24, 2.45) is 4.99 Å². The number of ether oxygens (including phenoxy) is 1. The fourth-order valence-electron chi connectivity index (χ4n) is 2.59. The Kier molecular flexibility index (Phi) is 6.53. The van der Waals surface area contributed by atoms with Crippen LogP contribution < -0.4 is 15.4 Å². The summed E-state index contributed by atoms with van der Waals surface area (Å²) in [6, 6.07) is 12.1. The first-order valence-corrected chi connectivity index (χ1v) is 9.04. The number of alkyl halides is 3. The Morgan fingerprint density at radius 1 is 1.14 bits per heavy atom. The van der Waals surface area contributed by atoms with Crippen LogP contribution in [0, 0.1) is 0 Å². The predicted molar refractivity (Wildman–Crippen MR) is 103 cm³/mol. The van der Waals surface area contributed by atoms with E-state index < -0.39 is 12.8 Å². The molecule has 0 saturated heterocycles. The van der Waals surface area contributed by atoms with Crippen LogP contribution in [-0.2, 0) is 13.1 Å². The number of nitrogens with one attached hydrogen (secondary N) is 2. The first-order valence-electron chi connectivity index (χ1n) is 9.04. The van der Waals surface area contributed by atoms with Crippen molar-refractivity contribution in [2.45, 2.75) is 26.2 Å². The molecule has 0 amide bonds. The SMILES string of the molecule is CCNC(=NCc1cccc(OCC(F)(F)F)c1)NCc1nnc2ccccn12. The lowest BCUT2D eigenvalue weighted by Crippen LogP contribution is -2.37. The lowest BCUT2D eigenvalue weighted by Gasteiger charge is -2.11. The molecule has 10 heteroatoms. The molecule has 0 aliphatic heterocycles. The summed E-state index contributed by atoms with van der Waals surface area (Å²) in [6.07, 6.45) is -2.50. The van der Waals surface area contributed by atoms with Gasteiger partial charge in [-0.15, -0.1) is 10.2 Å².